The van der Waals surface area contributed by atoms with Crippen LogP contribution in [0.2, 0.25) is 0 Å². The van der Waals surface area contributed by atoms with Gasteiger partial charge in [-0.3, -0.25) is 9.36 Å². The molecule has 0 saturated heterocycles. The lowest BCUT2D eigenvalue weighted by Crippen LogP contribution is -2.25. The van der Waals surface area contributed by atoms with Gasteiger partial charge in [0.05, 0.1) is 22.6 Å². The van der Waals surface area contributed by atoms with E-state index in [1.807, 2.05) is 24.7 Å². The van der Waals surface area contributed by atoms with Gasteiger partial charge in [0, 0.05) is 53.2 Å². The van der Waals surface area contributed by atoms with E-state index in [-0.39, 0.29) is 17.3 Å². The van der Waals surface area contributed by atoms with E-state index >= 15 is 0 Å². The van der Waals surface area contributed by atoms with Crippen LogP contribution in [-0.2, 0) is 19.0 Å². The zero-order chi connectivity index (χ0) is 24.6. The van der Waals surface area contributed by atoms with Crippen molar-refractivity contribution in [2.75, 3.05) is 5.73 Å². The van der Waals surface area contributed by atoms with Gasteiger partial charge in [-0.15, -0.1) is 0 Å². The van der Waals surface area contributed by atoms with E-state index in [4.69, 9.17) is 20.7 Å². The van der Waals surface area contributed by atoms with E-state index in [1.165, 1.54) is 17.7 Å². The number of benzene rings is 1. The number of nitrogen functional groups attached to an aromatic ring is 1. The van der Waals surface area contributed by atoms with Crippen LogP contribution in [0.5, 0.6) is 5.75 Å². The van der Waals surface area contributed by atoms with Gasteiger partial charge < -0.3 is 10.5 Å². The number of anilines is 1. The van der Waals surface area contributed by atoms with Crippen LogP contribution in [0.25, 0.3) is 22.5 Å². The van der Waals surface area contributed by atoms with Crippen LogP contribution in [0.4, 0.5) is 10.2 Å². The number of fused-ring (bicyclic) bond motifs is 7. The van der Waals surface area contributed by atoms with Gasteiger partial charge in [-0.1, -0.05) is 0 Å². The number of halogens is 1. The summed E-state index contributed by atoms with van der Waals surface area (Å²) in [7, 11) is 1.93. The summed E-state index contributed by atoms with van der Waals surface area (Å²) in [5.74, 6) is 0.552. The van der Waals surface area contributed by atoms with Crippen molar-refractivity contribution in [1.82, 2.24) is 24.5 Å². The normalized spacial score (nSPS) is 18.7. The molecular formula is C27H29FN6O. The second-order valence-electron chi connectivity index (χ2n) is 10.6. The molecule has 7 nitrogen and oxygen atoms in total. The number of pyridine rings is 1. The summed E-state index contributed by atoms with van der Waals surface area (Å²) in [5, 5.41) is 9.94. The Kier molecular flexibility index (Phi) is 4.62. The van der Waals surface area contributed by atoms with Crippen molar-refractivity contribution < 1.29 is 9.13 Å². The quantitative estimate of drug-likeness (QED) is 0.373. The highest BCUT2D eigenvalue weighted by atomic mass is 19.1. The van der Waals surface area contributed by atoms with E-state index < -0.39 is 6.10 Å². The molecule has 6 rings (SSSR count). The van der Waals surface area contributed by atoms with Gasteiger partial charge in [0.2, 0.25) is 0 Å². The number of nitrogens with two attached hydrogens (primary N) is 1. The second kappa shape index (κ2) is 7.41. The zero-order valence-electron chi connectivity index (χ0n) is 20.6. The molecule has 2 aliphatic rings. The fourth-order valence-electron chi connectivity index (χ4n) is 5.52. The molecule has 4 heterocycles. The molecule has 35 heavy (non-hydrogen) atoms. The number of hydrogen-bond acceptors (Lipinski definition) is 5. The zero-order valence-corrected chi connectivity index (χ0v) is 20.6. The largest absolute Gasteiger partial charge is 0.482 e. The number of nitrogens with zero attached hydrogens (tertiary/aromatic N) is 5. The number of ether oxygens (including phenoxy) is 1. The predicted molar refractivity (Wildman–Crippen MR) is 133 cm³/mol. The van der Waals surface area contributed by atoms with Crippen LogP contribution in [0, 0.1) is 5.82 Å². The van der Waals surface area contributed by atoms with Crippen LogP contribution in [0.1, 0.15) is 68.5 Å². The summed E-state index contributed by atoms with van der Waals surface area (Å²) >= 11 is 0. The Bertz CT molecular complexity index is 1480. The first-order chi connectivity index (χ1) is 16.6. The topological polar surface area (TPSA) is 83.8 Å². The maximum Gasteiger partial charge on any atom is 0.166 e. The fourth-order valence-corrected chi connectivity index (χ4v) is 5.52. The molecule has 0 spiro atoms. The van der Waals surface area contributed by atoms with Crippen molar-refractivity contribution in [2.24, 2.45) is 7.05 Å². The summed E-state index contributed by atoms with van der Waals surface area (Å²) in [5.41, 5.74) is 13.8. The molecule has 0 fully saturated rings. The van der Waals surface area contributed by atoms with Crippen molar-refractivity contribution in [2.45, 2.75) is 58.1 Å². The summed E-state index contributed by atoms with van der Waals surface area (Å²) in [6, 6.07) is 6.75. The highest BCUT2D eigenvalue weighted by Crippen LogP contribution is 2.49. The molecule has 180 valence electrons. The molecule has 0 amide bonds. The first kappa shape index (κ1) is 21.8. The summed E-state index contributed by atoms with van der Waals surface area (Å²) < 4.78 is 24.7. The maximum atomic E-state index is 14.4. The average molecular weight is 473 g/mol. The van der Waals surface area contributed by atoms with Gasteiger partial charge >= 0.3 is 0 Å². The standard InChI is InChI=1S/C27H29FN6O/c1-14-19-11-16(28)6-7-18(19)24-20(13-33(5)32-24)17-8-9-21-23(17)25(34(31-21)27(2,3)4)15-10-22(35-14)26(29)30-12-15/h6-7,10-14,17H,8-9H2,1-5H3,(H2,29,30)/t14-,17?/m1/s1. The van der Waals surface area contributed by atoms with E-state index in [0.717, 1.165) is 52.2 Å². The molecule has 8 heteroatoms. The molecule has 1 aromatic carbocycles. The monoisotopic (exact) mass is 472 g/mol. The molecule has 3 aromatic heterocycles. The van der Waals surface area contributed by atoms with Crippen LogP contribution >= 0.6 is 0 Å². The van der Waals surface area contributed by atoms with E-state index in [1.54, 1.807) is 12.3 Å². The Morgan fingerprint density at radius 3 is 2.71 bits per heavy atom. The average Bonchev–Trinajstić information content (AvgIpc) is 3.47. The van der Waals surface area contributed by atoms with Gasteiger partial charge in [-0.2, -0.15) is 10.2 Å². The third kappa shape index (κ3) is 3.34. The molecule has 1 unspecified atom stereocenters. The first-order valence-electron chi connectivity index (χ1n) is 12.0. The van der Waals surface area contributed by atoms with Crippen LogP contribution < -0.4 is 10.5 Å². The Balaban J connectivity index is 1.72. The molecular weight excluding hydrogens is 443 g/mol. The Hall–Kier alpha value is -3.68. The van der Waals surface area contributed by atoms with Gasteiger partial charge in [-0.25, -0.2) is 9.37 Å². The minimum absolute atomic E-state index is 0.106. The smallest absolute Gasteiger partial charge is 0.166 e. The van der Waals surface area contributed by atoms with Gasteiger partial charge in [0.1, 0.15) is 11.9 Å². The van der Waals surface area contributed by atoms with Crippen molar-refractivity contribution in [3.05, 3.63) is 64.9 Å². The third-order valence-electron chi connectivity index (χ3n) is 7.05. The molecule has 0 radical (unpaired) electrons. The molecule has 2 N–H and O–H groups in total. The minimum Gasteiger partial charge on any atom is -0.482 e. The number of aryl methyl sites for hydroxylation is 2. The fraction of sp³-hybridized carbons (Fsp3) is 0.370. The predicted octanol–water partition coefficient (Wildman–Crippen LogP) is 5.35. The van der Waals surface area contributed by atoms with Gasteiger partial charge in [0.15, 0.2) is 11.6 Å². The molecule has 1 aliphatic heterocycles. The van der Waals surface area contributed by atoms with Crippen molar-refractivity contribution >= 4 is 5.82 Å². The Morgan fingerprint density at radius 2 is 1.94 bits per heavy atom. The highest BCUT2D eigenvalue weighted by Gasteiger charge is 2.38. The maximum absolute atomic E-state index is 14.4. The Labute approximate surface area is 203 Å². The Morgan fingerprint density at radius 1 is 1.14 bits per heavy atom. The summed E-state index contributed by atoms with van der Waals surface area (Å²) in [6.07, 6.45) is 5.23. The second-order valence-corrected chi connectivity index (χ2v) is 10.6. The van der Waals surface area contributed by atoms with Crippen molar-refractivity contribution in [3.8, 4) is 28.3 Å². The van der Waals surface area contributed by atoms with Crippen LogP contribution in [-0.4, -0.2) is 24.5 Å². The number of rotatable bonds is 0. The van der Waals surface area contributed by atoms with E-state index in [9.17, 15) is 4.39 Å². The van der Waals surface area contributed by atoms with E-state index in [0.29, 0.717) is 11.6 Å². The lowest BCUT2D eigenvalue weighted by Gasteiger charge is -2.26. The molecule has 2 bridgehead atoms. The number of hydrogen-bond donors (Lipinski definition) is 1. The molecule has 4 aromatic rings. The lowest BCUT2D eigenvalue weighted by atomic mass is 9.87. The van der Waals surface area contributed by atoms with Crippen molar-refractivity contribution in [1.29, 1.82) is 0 Å². The van der Waals surface area contributed by atoms with Crippen LogP contribution in [0.15, 0.2) is 36.7 Å². The van der Waals surface area contributed by atoms with Crippen LogP contribution in [0.3, 0.4) is 0 Å². The SMILES string of the molecule is C[C@H]1Oc2cc(cnc2N)-c2c3c(nn2C(C)(C)C)CCC3c2cn(C)nc2-c2ccc(F)cc21. The molecule has 2 atom stereocenters. The molecule has 0 saturated carbocycles. The van der Waals surface area contributed by atoms with E-state index in [2.05, 4.69) is 36.6 Å². The summed E-state index contributed by atoms with van der Waals surface area (Å²) in [4.78, 5) is 4.48. The highest BCUT2D eigenvalue weighted by molar-refractivity contribution is 5.74. The minimum atomic E-state index is -0.472. The number of aromatic nitrogens is 5. The summed E-state index contributed by atoms with van der Waals surface area (Å²) in [6.45, 7) is 8.36. The third-order valence-corrected chi connectivity index (χ3v) is 7.05. The first-order valence-corrected chi connectivity index (χ1v) is 12.0. The molecule has 1 aliphatic carbocycles. The van der Waals surface area contributed by atoms with Crippen molar-refractivity contribution in [3.63, 3.8) is 0 Å². The van der Waals surface area contributed by atoms with Gasteiger partial charge in [0.25, 0.3) is 0 Å². The lowest BCUT2D eigenvalue weighted by molar-refractivity contribution is 0.227. The van der Waals surface area contributed by atoms with Gasteiger partial charge in [-0.05, 0) is 64.8 Å².